The highest BCUT2D eigenvalue weighted by atomic mass is 32.1. The Morgan fingerprint density at radius 3 is 2.58 bits per heavy atom. The monoisotopic (exact) mass is 447 g/mol. The molecule has 1 aromatic carbocycles. The lowest BCUT2D eigenvalue weighted by molar-refractivity contribution is -0.141. The third-order valence-corrected chi connectivity index (χ3v) is 5.64. The number of carbonyl (C=O) groups excluding carboxylic acids is 3. The number of halogens is 1. The number of carbonyl (C=O) groups is 3. The average molecular weight is 448 g/mol. The van der Waals surface area contributed by atoms with Crippen LogP contribution in [0.15, 0.2) is 30.3 Å². The molecule has 31 heavy (non-hydrogen) atoms. The van der Waals surface area contributed by atoms with Crippen molar-refractivity contribution in [2.24, 2.45) is 11.1 Å². The number of amides is 1. The number of esters is 1. The Hall–Kier alpha value is -3.07. The van der Waals surface area contributed by atoms with E-state index in [-0.39, 0.29) is 34.5 Å². The summed E-state index contributed by atoms with van der Waals surface area (Å²) in [5.41, 5.74) is 4.74. The van der Waals surface area contributed by atoms with Gasteiger partial charge in [0.15, 0.2) is 11.6 Å². The highest BCUT2D eigenvalue weighted by Crippen LogP contribution is 2.30. The number of rotatable bonds is 10. The summed E-state index contributed by atoms with van der Waals surface area (Å²) in [4.78, 5) is 38.8. The zero-order valence-electron chi connectivity index (χ0n) is 17.7. The fourth-order valence-electron chi connectivity index (χ4n) is 3.06. The summed E-state index contributed by atoms with van der Waals surface area (Å²) >= 11 is 1.17. The fourth-order valence-corrected chi connectivity index (χ4v) is 4.17. The number of nitrogen functional groups attached to an aromatic ring is 1. The first-order chi connectivity index (χ1) is 14.6. The standard InChI is InChI=1S/C22H26FN3O4S/c1-4-9-26(10-11-27)21(29)22(2,3)13-15-6-8-18(31-15)20(28)30-17-7-5-14(19(24)25)12-16(17)23/h5-8,11-12H,4,9-10,13H2,1-3H3,(H3,24,25). The molecule has 2 rings (SSSR count). The van der Waals surface area contributed by atoms with Gasteiger partial charge in [0.1, 0.15) is 17.0 Å². The number of thiophene rings is 1. The van der Waals surface area contributed by atoms with E-state index < -0.39 is 17.2 Å². The van der Waals surface area contributed by atoms with Crippen molar-refractivity contribution in [3.63, 3.8) is 0 Å². The summed E-state index contributed by atoms with van der Waals surface area (Å²) < 4.78 is 19.2. The predicted octanol–water partition coefficient (Wildman–Crippen LogP) is 3.40. The number of benzene rings is 1. The van der Waals surface area contributed by atoms with Gasteiger partial charge in [-0.15, -0.1) is 11.3 Å². The molecule has 0 aliphatic carbocycles. The van der Waals surface area contributed by atoms with Crippen molar-refractivity contribution in [1.82, 2.24) is 4.90 Å². The molecular formula is C22H26FN3O4S. The van der Waals surface area contributed by atoms with Gasteiger partial charge in [-0.25, -0.2) is 9.18 Å². The van der Waals surface area contributed by atoms with Gasteiger partial charge in [0, 0.05) is 22.4 Å². The van der Waals surface area contributed by atoms with E-state index in [1.54, 1.807) is 26.0 Å². The van der Waals surface area contributed by atoms with E-state index in [9.17, 15) is 18.8 Å². The fraction of sp³-hybridized carbons (Fsp3) is 0.364. The zero-order chi connectivity index (χ0) is 23.2. The first-order valence-corrected chi connectivity index (χ1v) is 10.6. The molecule has 7 nitrogen and oxygen atoms in total. The third-order valence-electron chi connectivity index (χ3n) is 4.58. The molecule has 0 bridgehead atoms. The Morgan fingerprint density at radius 2 is 2.00 bits per heavy atom. The molecule has 166 valence electrons. The molecular weight excluding hydrogens is 421 g/mol. The Morgan fingerprint density at radius 1 is 1.29 bits per heavy atom. The number of amidine groups is 1. The Labute approximate surface area is 184 Å². The molecule has 3 N–H and O–H groups in total. The van der Waals surface area contributed by atoms with Crippen LogP contribution in [0.2, 0.25) is 0 Å². The van der Waals surface area contributed by atoms with Crippen LogP contribution in [0.3, 0.4) is 0 Å². The molecule has 0 aliphatic heterocycles. The van der Waals surface area contributed by atoms with E-state index >= 15 is 0 Å². The van der Waals surface area contributed by atoms with E-state index in [0.717, 1.165) is 17.4 Å². The van der Waals surface area contributed by atoms with Crippen LogP contribution in [-0.4, -0.2) is 42.0 Å². The summed E-state index contributed by atoms with van der Waals surface area (Å²) in [5, 5.41) is 7.32. The van der Waals surface area contributed by atoms with Gasteiger partial charge in [-0.05, 0) is 43.2 Å². The summed E-state index contributed by atoms with van der Waals surface area (Å²) in [6.45, 7) is 6.08. The molecule has 2 aromatic rings. The van der Waals surface area contributed by atoms with E-state index in [2.05, 4.69) is 0 Å². The average Bonchev–Trinajstić information content (AvgIpc) is 3.16. The van der Waals surface area contributed by atoms with Gasteiger partial charge in [-0.1, -0.05) is 20.8 Å². The second kappa shape index (κ2) is 10.3. The molecule has 0 radical (unpaired) electrons. The van der Waals surface area contributed by atoms with Crippen LogP contribution in [-0.2, 0) is 16.0 Å². The Balaban J connectivity index is 2.10. The Kier molecular flexibility index (Phi) is 8.04. The van der Waals surface area contributed by atoms with Gasteiger partial charge >= 0.3 is 5.97 Å². The summed E-state index contributed by atoms with van der Waals surface area (Å²) in [5.74, 6) is -2.20. The second-order valence-corrected chi connectivity index (χ2v) is 8.86. The maximum Gasteiger partial charge on any atom is 0.353 e. The zero-order valence-corrected chi connectivity index (χ0v) is 18.6. The normalized spacial score (nSPS) is 11.1. The lowest BCUT2D eigenvalue weighted by atomic mass is 9.86. The maximum atomic E-state index is 14.1. The van der Waals surface area contributed by atoms with E-state index in [1.807, 2.05) is 6.92 Å². The molecule has 0 saturated heterocycles. The van der Waals surface area contributed by atoms with Crippen LogP contribution in [0.5, 0.6) is 5.75 Å². The topological polar surface area (TPSA) is 114 Å². The van der Waals surface area contributed by atoms with E-state index in [4.69, 9.17) is 15.9 Å². The first kappa shape index (κ1) is 24.2. The van der Waals surface area contributed by atoms with Gasteiger partial charge in [-0.2, -0.15) is 0 Å². The highest BCUT2D eigenvalue weighted by Gasteiger charge is 2.32. The molecule has 1 aromatic heterocycles. The lowest BCUT2D eigenvalue weighted by Crippen LogP contribution is -2.43. The number of aldehydes is 1. The minimum absolute atomic E-state index is 0.0477. The van der Waals surface area contributed by atoms with E-state index in [1.165, 1.54) is 28.4 Å². The van der Waals surface area contributed by atoms with Crippen LogP contribution >= 0.6 is 11.3 Å². The smallest absolute Gasteiger partial charge is 0.353 e. The minimum atomic E-state index is -0.796. The molecule has 0 fully saturated rings. The number of nitrogens with one attached hydrogen (secondary N) is 1. The molecule has 0 aliphatic rings. The van der Waals surface area contributed by atoms with Gasteiger partial charge in [-0.3, -0.25) is 10.2 Å². The molecule has 0 unspecified atom stereocenters. The predicted molar refractivity (Wildman–Crippen MR) is 117 cm³/mol. The molecule has 1 amide bonds. The number of hydrogen-bond acceptors (Lipinski definition) is 6. The summed E-state index contributed by atoms with van der Waals surface area (Å²) in [6, 6.07) is 6.97. The highest BCUT2D eigenvalue weighted by molar-refractivity contribution is 7.14. The van der Waals surface area contributed by atoms with Crippen LogP contribution in [0.1, 0.15) is 47.3 Å². The lowest BCUT2D eigenvalue weighted by Gasteiger charge is -2.30. The molecule has 0 saturated carbocycles. The van der Waals surface area contributed by atoms with Crippen molar-refractivity contribution in [3.05, 3.63) is 51.5 Å². The van der Waals surface area contributed by atoms with Crippen molar-refractivity contribution in [1.29, 1.82) is 5.41 Å². The maximum absolute atomic E-state index is 14.1. The molecule has 0 spiro atoms. The molecule has 0 atom stereocenters. The van der Waals surface area contributed by atoms with Crippen LogP contribution in [0.4, 0.5) is 4.39 Å². The van der Waals surface area contributed by atoms with Gasteiger partial charge < -0.3 is 20.2 Å². The minimum Gasteiger partial charge on any atom is -0.419 e. The van der Waals surface area contributed by atoms with Crippen molar-refractivity contribution in [2.75, 3.05) is 13.1 Å². The number of nitrogens with two attached hydrogens (primary N) is 1. The summed E-state index contributed by atoms with van der Waals surface area (Å²) in [6.07, 6.45) is 1.84. The number of ether oxygens (including phenoxy) is 1. The van der Waals surface area contributed by atoms with Crippen LogP contribution in [0, 0.1) is 16.6 Å². The van der Waals surface area contributed by atoms with Crippen molar-refractivity contribution in [2.45, 2.75) is 33.6 Å². The largest absolute Gasteiger partial charge is 0.419 e. The van der Waals surface area contributed by atoms with Gasteiger partial charge in [0.2, 0.25) is 5.91 Å². The van der Waals surface area contributed by atoms with Gasteiger partial charge in [0.05, 0.1) is 6.54 Å². The van der Waals surface area contributed by atoms with Gasteiger partial charge in [0.25, 0.3) is 0 Å². The third kappa shape index (κ3) is 6.21. The quantitative estimate of drug-likeness (QED) is 0.191. The molecule has 9 heteroatoms. The van der Waals surface area contributed by atoms with E-state index in [0.29, 0.717) is 19.3 Å². The van der Waals surface area contributed by atoms with Crippen molar-refractivity contribution in [3.8, 4) is 5.75 Å². The van der Waals surface area contributed by atoms with Crippen LogP contribution < -0.4 is 10.5 Å². The SMILES string of the molecule is CCCN(CC=O)C(=O)C(C)(C)Cc1ccc(C(=O)Oc2ccc(C(=N)N)cc2F)s1. The second-order valence-electron chi connectivity index (χ2n) is 7.69. The Bertz CT molecular complexity index is 987. The van der Waals surface area contributed by atoms with Crippen LogP contribution in [0.25, 0.3) is 0 Å². The number of nitrogens with zero attached hydrogens (tertiary/aromatic N) is 1. The first-order valence-electron chi connectivity index (χ1n) is 9.77. The molecule has 1 heterocycles. The number of hydrogen-bond donors (Lipinski definition) is 2. The van der Waals surface area contributed by atoms with Crippen molar-refractivity contribution >= 4 is 35.3 Å². The summed E-state index contributed by atoms with van der Waals surface area (Å²) in [7, 11) is 0. The van der Waals surface area contributed by atoms with Crippen molar-refractivity contribution < 1.29 is 23.5 Å².